The second-order valence-electron chi connectivity index (χ2n) is 20.4. The SMILES string of the molecule is CC/C=C\C/C=C\C/C=C\C/C=C\C/C=C\CCCCCCCCCCCC(=O)NC(COC1OC(CO)C(O)C(O)C1O)C(O)CCCCCCCCCCCCCCCCCCCCCCCC. The highest BCUT2D eigenvalue weighted by Crippen LogP contribution is 2.23. The first-order chi connectivity index (χ1) is 34.3. The van der Waals surface area contributed by atoms with Crippen molar-refractivity contribution in [1.82, 2.24) is 5.32 Å². The van der Waals surface area contributed by atoms with Crippen molar-refractivity contribution in [3.63, 3.8) is 0 Å². The molecule has 0 bridgehead atoms. The summed E-state index contributed by atoms with van der Waals surface area (Å²) in [4.78, 5) is 13.1. The number of aliphatic hydroxyl groups is 5. The monoisotopic (exact) mass is 986 g/mol. The van der Waals surface area contributed by atoms with Gasteiger partial charge in [-0.3, -0.25) is 4.79 Å². The fraction of sp³-hybridized carbons (Fsp3) is 0.820. The maximum Gasteiger partial charge on any atom is 0.220 e. The zero-order valence-electron chi connectivity index (χ0n) is 45.3. The van der Waals surface area contributed by atoms with E-state index in [9.17, 15) is 30.3 Å². The van der Waals surface area contributed by atoms with E-state index in [1.165, 1.54) is 161 Å². The van der Waals surface area contributed by atoms with Gasteiger partial charge in [-0.2, -0.15) is 0 Å². The van der Waals surface area contributed by atoms with Gasteiger partial charge in [-0.1, -0.05) is 261 Å². The molecular weight excluding hydrogens is 875 g/mol. The van der Waals surface area contributed by atoms with E-state index < -0.39 is 49.5 Å². The number of allylic oxidation sites excluding steroid dienone is 10. The Morgan fingerprint density at radius 1 is 0.500 bits per heavy atom. The molecule has 7 unspecified atom stereocenters. The van der Waals surface area contributed by atoms with E-state index in [4.69, 9.17) is 9.47 Å². The van der Waals surface area contributed by atoms with Crippen LogP contribution in [0.3, 0.4) is 0 Å². The molecule has 1 aliphatic heterocycles. The van der Waals surface area contributed by atoms with Crippen LogP contribution in [0.2, 0.25) is 0 Å². The van der Waals surface area contributed by atoms with Crippen LogP contribution in [0.5, 0.6) is 0 Å². The molecule has 0 aromatic rings. The Morgan fingerprint density at radius 3 is 1.31 bits per heavy atom. The average Bonchev–Trinajstić information content (AvgIpc) is 3.36. The van der Waals surface area contributed by atoms with Gasteiger partial charge in [0, 0.05) is 6.42 Å². The molecular formula is C61H111NO8. The number of carbonyl (C=O) groups excluding carboxylic acids is 1. The van der Waals surface area contributed by atoms with Crippen molar-refractivity contribution in [1.29, 1.82) is 0 Å². The fourth-order valence-corrected chi connectivity index (χ4v) is 9.25. The molecule has 408 valence electrons. The minimum atomic E-state index is -1.56. The molecule has 7 atom stereocenters. The molecule has 1 saturated heterocycles. The maximum absolute atomic E-state index is 13.1. The summed E-state index contributed by atoms with van der Waals surface area (Å²) in [5.41, 5.74) is 0. The third-order valence-corrected chi connectivity index (χ3v) is 13.9. The summed E-state index contributed by atoms with van der Waals surface area (Å²) in [5, 5.41) is 54.7. The van der Waals surface area contributed by atoms with E-state index in [0.29, 0.717) is 12.8 Å². The van der Waals surface area contributed by atoms with Crippen molar-refractivity contribution in [2.75, 3.05) is 13.2 Å². The number of nitrogens with one attached hydrogen (secondary N) is 1. The first kappa shape index (κ1) is 65.9. The highest BCUT2D eigenvalue weighted by Gasteiger charge is 2.44. The average molecular weight is 987 g/mol. The van der Waals surface area contributed by atoms with E-state index in [-0.39, 0.29) is 12.5 Å². The lowest BCUT2D eigenvalue weighted by atomic mass is 9.99. The van der Waals surface area contributed by atoms with Crippen LogP contribution in [0.15, 0.2) is 60.8 Å². The quantitative estimate of drug-likeness (QED) is 0.0261. The van der Waals surface area contributed by atoms with Gasteiger partial charge >= 0.3 is 0 Å². The molecule has 0 spiro atoms. The molecule has 9 heteroatoms. The van der Waals surface area contributed by atoms with Crippen LogP contribution in [-0.2, 0) is 14.3 Å². The number of aliphatic hydroxyl groups excluding tert-OH is 5. The van der Waals surface area contributed by atoms with Crippen molar-refractivity contribution in [3.05, 3.63) is 60.8 Å². The first-order valence-electron chi connectivity index (χ1n) is 29.5. The van der Waals surface area contributed by atoms with Gasteiger partial charge in [-0.15, -0.1) is 0 Å². The summed E-state index contributed by atoms with van der Waals surface area (Å²) >= 11 is 0. The Labute approximate surface area is 430 Å². The normalized spacial score (nSPS) is 19.8. The van der Waals surface area contributed by atoms with Gasteiger partial charge in [-0.05, 0) is 57.8 Å². The smallest absolute Gasteiger partial charge is 0.220 e. The number of amides is 1. The molecule has 9 nitrogen and oxygen atoms in total. The number of hydrogen-bond acceptors (Lipinski definition) is 8. The topological polar surface area (TPSA) is 149 Å². The predicted octanol–water partition coefficient (Wildman–Crippen LogP) is 14.7. The van der Waals surface area contributed by atoms with Crippen molar-refractivity contribution in [3.8, 4) is 0 Å². The van der Waals surface area contributed by atoms with Crippen molar-refractivity contribution >= 4 is 5.91 Å². The Kier molecular flexibility index (Phi) is 47.5. The summed E-state index contributed by atoms with van der Waals surface area (Å²) in [6.07, 6.45) is 61.0. The summed E-state index contributed by atoms with van der Waals surface area (Å²) in [7, 11) is 0. The lowest BCUT2D eigenvalue weighted by Crippen LogP contribution is -2.60. The minimum absolute atomic E-state index is 0.142. The summed E-state index contributed by atoms with van der Waals surface area (Å²) < 4.78 is 11.3. The standard InChI is InChI=1S/C61H111NO8/c1-3-5-7-9-11-13-15-17-19-21-23-25-27-28-29-31-33-35-37-39-41-43-45-47-49-51-57(65)62-54(53-69-61-60(68)59(67)58(66)56(52-63)70-61)55(64)50-48-46-44-42-40-38-36-34-32-30-26-24-22-20-18-16-14-12-10-8-6-4-2/h5,7,11,13,17,19,23,25,28-29,54-56,58-61,63-64,66-68H,3-4,6,8-10,12,14-16,18,20-22,24,26-27,30-53H2,1-2H3,(H,62,65)/b7-5-,13-11-,19-17-,25-23-,29-28-. The molecule has 1 amide bonds. The van der Waals surface area contributed by atoms with Gasteiger partial charge in [0.05, 0.1) is 25.4 Å². The van der Waals surface area contributed by atoms with Gasteiger partial charge in [-0.25, -0.2) is 0 Å². The van der Waals surface area contributed by atoms with E-state index >= 15 is 0 Å². The van der Waals surface area contributed by atoms with E-state index in [2.05, 4.69) is 79.9 Å². The minimum Gasteiger partial charge on any atom is -0.394 e. The lowest BCUT2D eigenvalue weighted by molar-refractivity contribution is -0.302. The van der Waals surface area contributed by atoms with Crippen molar-refractivity contribution in [2.45, 2.75) is 307 Å². The zero-order valence-corrected chi connectivity index (χ0v) is 45.3. The van der Waals surface area contributed by atoms with Gasteiger partial charge in [0.2, 0.25) is 5.91 Å². The van der Waals surface area contributed by atoms with E-state index in [1.54, 1.807) is 0 Å². The zero-order chi connectivity index (χ0) is 50.8. The number of rotatable bonds is 50. The van der Waals surface area contributed by atoms with E-state index in [0.717, 1.165) is 77.0 Å². The highest BCUT2D eigenvalue weighted by atomic mass is 16.7. The number of hydrogen-bond donors (Lipinski definition) is 6. The molecule has 1 rings (SSSR count). The number of ether oxygens (including phenoxy) is 2. The molecule has 0 aromatic carbocycles. The van der Waals surface area contributed by atoms with Gasteiger partial charge in [0.15, 0.2) is 6.29 Å². The van der Waals surface area contributed by atoms with Crippen LogP contribution < -0.4 is 5.32 Å². The fourth-order valence-electron chi connectivity index (χ4n) is 9.25. The van der Waals surface area contributed by atoms with Gasteiger partial charge in [0.25, 0.3) is 0 Å². The number of unbranched alkanes of at least 4 members (excludes halogenated alkanes) is 30. The second-order valence-corrected chi connectivity index (χ2v) is 20.4. The largest absolute Gasteiger partial charge is 0.394 e. The van der Waals surface area contributed by atoms with Gasteiger partial charge in [0.1, 0.15) is 24.4 Å². The predicted molar refractivity (Wildman–Crippen MR) is 295 cm³/mol. The third kappa shape index (κ3) is 39.4. The maximum atomic E-state index is 13.1. The molecule has 0 aromatic heterocycles. The summed E-state index contributed by atoms with van der Waals surface area (Å²) in [6, 6.07) is -0.726. The third-order valence-electron chi connectivity index (χ3n) is 13.9. The Hall–Kier alpha value is -2.11. The lowest BCUT2D eigenvalue weighted by Gasteiger charge is -2.40. The summed E-state index contributed by atoms with van der Waals surface area (Å²) in [6.45, 7) is 3.74. The van der Waals surface area contributed by atoms with Crippen LogP contribution in [0.4, 0.5) is 0 Å². The molecule has 0 saturated carbocycles. The Bertz CT molecular complexity index is 1280. The molecule has 1 heterocycles. The first-order valence-corrected chi connectivity index (χ1v) is 29.5. The Balaban J connectivity index is 2.21. The van der Waals surface area contributed by atoms with Crippen molar-refractivity contribution in [2.24, 2.45) is 0 Å². The molecule has 6 N–H and O–H groups in total. The molecule has 1 fully saturated rings. The highest BCUT2D eigenvalue weighted by molar-refractivity contribution is 5.76. The van der Waals surface area contributed by atoms with Crippen LogP contribution in [-0.4, -0.2) is 87.5 Å². The molecule has 0 aliphatic carbocycles. The van der Waals surface area contributed by atoms with Crippen LogP contribution in [0.1, 0.15) is 264 Å². The van der Waals surface area contributed by atoms with Crippen LogP contribution >= 0.6 is 0 Å². The second kappa shape index (κ2) is 50.4. The molecule has 1 aliphatic rings. The van der Waals surface area contributed by atoms with E-state index in [1.807, 2.05) is 0 Å². The molecule has 70 heavy (non-hydrogen) atoms. The van der Waals surface area contributed by atoms with Crippen LogP contribution in [0.25, 0.3) is 0 Å². The Morgan fingerprint density at radius 2 is 0.886 bits per heavy atom. The van der Waals surface area contributed by atoms with Crippen molar-refractivity contribution < 1.29 is 39.8 Å². The van der Waals surface area contributed by atoms with Crippen LogP contribution in [0, 0.1) is 0 Å². The number of carbonyl (C=O) groups is 1. The summed E-state index contributed by atoms with van der Waals surface area (Å²) in [5.74, 6) is -0.150. The van der Waals surface area contributed by atoms with Gasteiger partial charge < -0.3 is 40.3 Å². The molecule has 0 radical (unpaired) electrons.